The number of anilines is 1. The van der Waals surface area contributed by atoms with Gasteiger partial charge in [-0.3, -0.25) is 0 Å². The van der Waals surface area contributed by atoms with Crippen molar-refractivity contribution in [1.82, 2.24) is 4.90 Å². The van der Waals surface area contributed by atoms with Gasteiger partial charge < -0.3 is 25.2 Å². The number of carboxylic acids is 1. The van der Waals surface area contributed by atoms with Crippen molar-refractivity contribution in [2.24, 2.45) is 0 Å². The summed E-state index contributed by atoms with van der Waals surface area (Å²) in [7, 11) is 0. The van der Waals surface area contributed by atoms with Gasteiger partial charge in [0.15, 0.2) is 0 Å². The van der Waals surface area contributed by atoms with Crippen LogP contribution in [0.1, 0.15) is 10.4 Å². The fraction of sp³-hybridized carbons (Fsp3) is 0.385. The van der Waals surface area contributed by atoms with Crippen LogP contribution in [0, 0.1) is 0 Å². The molecule has 1 fully saturated rings. The van der Waals surface area contributed by atoms with Gasteiger partial charge in [0.2, 0.25) is 0 Å². The molecule has 0 bridgehead atoms. The van der Waals surface area contributed by atoms with E-state index in [0.717, 1.165) is 0 Å². The Morgan fingerprint density at radius 2 is 2.24 bits per heavy atom. The minimum atomic E-state index is -1.12. The van der Waals surface area contributed by atoms with E-state index in [4.69, 9.17) is 14.9 Å². The Morgan fingerprint density at radius 1 is 1.48 bits per heavy atom. The summed E-state index contributed by atoms with van der Waals surface area (Å²) in [5.74, 6) is -1.12. The second kappa shape index (κ2) is 6.88. The van der Waals surface area contributed by atoms with Crippen molar-refractivity contribution in [2.45, 2.75) is 6.10 Å². The largest absolute Gasteiger partial charge is 0.478 e. The molecule has 1 atom stereocenters. The lowest BCUT2D eigenvalue weighted by molar-refractivity contribution is -0.0388. The lowest BCUT2D eigenvalue weighted by atomic mass is 10.2. The molecule has 0 saturated carbocycles. The van der Waals surface area contributed by atoms with Gasteiger partial charge in [0.1, 0.15) is 0 Å². The molecular formula is C13H15BrN2O5. The number of aliphatic hydroxyl groups excluding tert-OH is 1. The maximum absolute atomic E-state index is 12.2. The van der Waals surface area contributed by atoms with Gasteiger partial charge in [-0.25, -0.2) is 9.59 Å². The first-order valence-corrected chi connectivity index (χ1v) is 7.12. The number of aromatic carboxylic acids is 1. The molecule has 1 heterocycles. The van der Waals surface area contributed by atoms with Crippen LogP contribution in [0.25, 0.3) is 0 Å². The predicted molar refractivity (Wildman–Crippen MR) is 78.5 cm³/mol. The smallest absolute Gasteiger partial charge is 0.337 e. The van der Waals surface area contributed by atoms with Crippen LogP contribution in [0.3, 0.4) is 0 Å². The molecule has 0 aromatic heterocycles. The molecule has 2 amide bonds. The molecule has 1 aromatic carbocycles. The quantitative estimate of drug-likeness (QED) is 0.757. The number of benzene rings is 1. The summed E-state index contributed by atoms with van der Waals surface area (Å²) < 4.78 is 5.93. The minimum Gasteiger partial charge on any atom is -0.478 e. The first kappa shape index (κ1) is 15.7. The fourth-order valence-electron chi connectivity index (χ4n) is 2.01. The third kappa shape index (κ3) is 3.93. The Bertz CT molecular complexity index is 551. The van der Waals surface area contributed by atoms with Crippen LogP contribution in [-0.4, -0.2) is 59.5 Å². The van der Waals surface area contributed by atoms with E-state index in [9.17, 15) is 9.59 Å². The van der Waals surface area contributed by atoms with Crippen LogP contribution in [0.4, 0.5) is 10.5 Å². The second-order valence-electron chi connectivity index (χ2n) is 4.55. The molecule has 114 valence electrons. The number of carboxylic acid groups (broad SMARTS) is 1. The lowest BCUT2D eigenvalue weighted by Gasteiger charge is -2.32. The van der Waals surface area contributed by atoms with Gasteiger partial charge in [0, 0.05) is 11.0 Å². The van der Waals surface area contributed by atoms with Crippen LogP contribution in [0.15, 0.2) is 22.7 Å². The average Bonchev–Trinajstić information content (AvgIpc) is 2.47. The normalized spacial score (nSPS) is 18.4. The Kier molecular flexibility index (Phi) is 5.16. The maximum atomic E-state index is 12.2. The number of ether oxygens (including phenoxy) is 1. The first-order chi connectivity index (χ1) is 10.0. The van der Waals surface area contributed by atoms with E-state index in [1.807, 2.05) is 0 Å². The van der Waals surface area contributed by atoms with Crippen LogP contribution in [0.5, 0.6) is 0 Å². The highest BCUT2D eigenvalue weighted by Crippen LogP contribution is 2.22. The number of nitrogens with one attached hydrogen (secondary N) is 1. The summed E-state index contributed by atoms with van der Waals surface area (Å²) in [6.07, 6.45) is -0.411. The van der Waals surface area contributed by atoms with Gasteiger partial charge in [-0.1, -0.05) is 15.9 Å². The molecule has 1 aromatic rings. The van der Waals surface area contributed by atoms with Crippen molar-refractivity contribution in [2.75, 3.05) is 31.6 Å². The monoisotopic (exact) mass is 358 g/mol. The van der Waals surface area contributed by atoms with Gasteiger partial charge in [0.05, 0.1) is 37.1 Å². The summed E-state index contributed by atoms with van der Waals surface area (Å²) in [5.41, 5.74) is 0.229. The number of morpholine rings is 1. The highest BCUT2D eigenvalue weighted by Gasteiger charge is 2.24. The van der Waals surface area contributed by atoms with E-state index in [0.29, 0.717) is 17.6 Å². The van der Waals surface area contributed by atoms with Crippen molar-refractivity contribution in [3.63, 3.8) is 0 Å². The molecule has 0 spiro atoms. The first-order valence-electron chi connectivity index (χ1n) is 6.32. The minimum absolute atomic E-state index is 0.0125. The molecule has 21 heavy (non-hydrogen) atoms. The lowest BCUT2D eigenvalue weighted by Crippen LogP contribution is -2.48. The number of carbonyl (C=O) groups is 2. The summed E-state index contributed by atoms with van der Waals surface area (Å²) in [5, 5.41) is 20.8. The summed E-state index contributed by atoms with van der Waals surface area (Å²) >= 11 is 3.24. The second-order valence-corrected chi connectivity index (χ2v) is 5.46. The number of nitrogens with zero attached hydrogens (tertiary/aromatic N) is 1. The highest BCUT2D eigenvalue weighted by atomic mass is 79.9. The highest BCUT2D eigenvalue weighted by molar-refractivity contribution is 9.10. The van der Waals surface area contributed by atoms with Gasteiger partial charge in [-0.2, -0.15) is 0 Å². The van der Waals surface area contributed by atoms with Crippen LogP contribution < -0.4 is 5.32 Å². The summed E-state index contributed by atoms with van der Waals surface area (Å²) in [6, 6.07) is 4.12. The molecule has 8 heteroatoms. The van der Waals surface area contributed by atoms with E-state index in [-0.39, 0.29) is 24.4 Å². The number of carbonyl (C=O) groups excluding carboxylic acids is 1. The van der Waals surface area contributed by atoms with E-state index < -0.39 is 18.1 Å². The summed E-state index contributed by atoms with van der Waals surface area (Å²) in [4.78, 5) is 24.8. The number of rotatable bonds is 3. The van der Waals surface area contributed by atoms with Crippen molar-refractivity contribution < 1.29 is 24.5 Å². The SMILES string of the molecule is O=C(O)c1ccc(Br)cc1NC(=O)N1CCOC(CO)C1. The zero-order chi connectivity index (χ0) is 15.4. The molecule has 0 aliphatic carbocycles. The Balaban J connectivity index is 2.12. The number of hydrogen-bond acceptors (Lipinski definition) is 4. The number of aliphatic hydroxyl groups is 1. The number of amides is 2. The molecule has 1 aliphatic heterocycles. The Morgan fingerprint density at radius 3 is 2.90 bits per heavy atom. The number of urea groups is 1. The van der Waals surface area contributed by atoms with Crippen molar-refractivity contribution in [1.29, 1.82) is 0 Å². The predicted octanol–water partition coefficient (Wildman–Crippen LogP) is 1.37. The number of hydrogen-bond donors (Lipinski definition) is 3. The molecule has 1 saturated heterocycles. The van der Waals surface area contributed by atoms with Gasteiger partial charge >= 0.3 is 12.0 Å². The summed E-state index contributed by atoms with van der Waals surface area (Å²) in [6.45, 7) is 0.821. The van der Waals surface area contributed by atoms with E-state index in [2.05, 4.69) is 21.2 Å². The number of halogens is 1. The molecule has 1 aliphatic rings. The molecule has 7 nitrogen and oxygen atoms in total. The van der Waals surface area contributed by atoms with Crippen molar-refractivity contribution >= 4 is 33.6 Å². The van der Waals surface area contributed by atoms with Crippen molar-refractivity contribution in [3.05, 3.63) is 28.2 Å². The van der Waals surface area contributed by atoms with Gasteiger partial charge in [0.25, 0.3) is 0 Å². The molecule has 3 N–H and O–H groups in total. The third-order valence-corrected chi connectivity index (χ3v) is 3.58. The van der Waals surface area contributed by atoms with E-state index in [1.165, 1.54) is 17.0 Å². The van der Waals surface area contributed by atoms with Crippen LogP contribution in [-0.2, 0) is 4.74 Å². The van der Waals surface area contributed by atoms with Gasteiger partial charge in [-0.05, 0) is 18.2 Å². The molecule has 2 rings (SSSR count). The fourth-order valence-corrected chi connectivity index (χ4v) is 2.38. The molecular weight excluding hydrogens is 344 g/mol. The van der Waals surface area contributed by atoms with Crippen LogP contribution in [0.2, 0.25) is 0 Å². The zero-order valence-electron chi connectivity index (χ0n) is 11.1. The standard InChI is InChI=1S/C13H15BrN2O5/c14-8-1-2-10(12(18)19)11(5-8)15-13(20)16-3-4-21-9(6-16)7-17/h1-2,5,9,17H,3-4,6-7H2,(H,15,20)(H,18,19). The third-order valence-electron chi connectivity index (χ3n) is 3.08. The topological polar surface area (TPSA) is 99.1 Å². The van der Waals surface area contributed by atoms with Gasteiger partial charge in [-0.15, -0.1) is 0 Å². The average molecular weight is 359 g/mol. The van der Waals surface area contributed by atoms with E-state index >= 15 is 0 Å². The molecule has 0 radical (unpaired) electrons. The van der Waals surface area contributed by atoms with Crippen LogP contribution >= 0.6 is 15.9 Å². The van der Waals surface area contributed by atoms with Crippen molar-refractivity contribution in [3.8, 4) is 0 Å². The van der Waals surface area contributed by atoms with E-state index in [1.54, 1.807) is 6.07 Å². The maximum Gasteiger partial charge on any atom is 0.337 e. The molecule has 1 unspecified atom stereocenters. The zero-order valence-corrected chi connectivity index (χ0v) is 12.7. The Labute approximate surface area is 129 Å². The Hall–Kier alpha value is -1.64.